The van der Waals surface area contributed by atoms with Crippen LogP contribution in [0.1, 0.15) is 29.3 Å². The lowest BCUT2D eigenvalue weighted by Crippen LogP contribution is -2.30. The molecule has 0 heterocycles. The van der Waals surface area contributed by atoms with Crippen molar-refractivity contribution in [1.82, 2.24) is 5.32 Å². The molecule has 0 aromatic heterocycles. The first-order valence-corrected chi connectivity index (χ1v) is 5.89. The van der Waals surface area contributed by atoms with Crippen molar-refractivity contribution >= 4 is 5.91 Å². The first-order chi connectivity index (χ1) is 8.45. The van der Waals surface area contributed by atoms with E-state index in [1.54, 1.807) is 0 Å². The second-order valence-electron chi connectivity index (χ2n) is 4.47. The van der Waals surface area contributed by atoms with Gasteiger partial charge in [0.15, 0.2) is 0 Å². The highest BCUT2D eigenvalue weighted by Gasteiger charge is 2.14. The smallest absolute Gasteiger partial charge is 0.254 e. The Bertz CT molecular complexity index is 435. The third-order valence-electron chi connectivity index (χ3n) is 2.76. The fraction of sp³-hybridized carbons (Fsp3) is 0.462. The lowest BCUT2D eigenvalue weighted by molar-refractivity contribution is 0.0943. The zero-order valence-corrected chi connectivity index (χ0v) is 10.6. The predicted molar refractivity (Wildman–Crippen MR) is 66.3 cm³/mol. The minimum absolute atomic E-state index is 0.131. The lowest BCUT2D eigenvalue weighted by atomic mass is 10.1. The van der Waals surface area contributed by atoms with E-state index in [0.29, 0.717) is 13.1 Å². The highest BCUT2D eigenvalue weighted by Crippen LogP contribution is 2.14. The lowest BCUT2D eigenvalue weighted by Gasteiger charge is -2.12. The van der Waals surface area contributed by atoms with Crippen molar-refractivity contribution in [1.29, 1.82) is 0 Å². The van der Waals surface area contributed by atoms with E-state index in [4.69, 9.17) is 5.73 Å². The largest absolute Gasteiger partial charge is 0.352 e. The van der Waals surface area contributed by atoms with Gasteiger partial charge in [-0.05, 0) is 37.4 Å². The topological polar surface area (TPSA) is 55.1 Å². The maximum Gasteiger partial charge on any atom is 0.254 e. The summed E-state index contributed by atoms with van der Waals surface area (Å²) in [6, 6.07) is 1.95. The predicted octanol–water partition coefficient (Wildman–Crippen LogP) is 1.99. The zero-order valence-electron chi connectivity index (χ0n) is 10.6. The number of benzene rings is 1. The average Bonchev–Trinajstić information content (AvgIpc) is 2.31. The van der Waals surface area contributed by atoms with E-state index >= 15 is 0 Å². The van der Waals surface area contributed by atoms with Gasteiger partial charge in [0, 0.05) is 12.6 Å². The van der Waals surface area contributed by atoms with Gasteiger partial charge >= 0.3 is 0 Å². The minimum atomic E-state index is -0.845. The SMILES string of the molecule is Cc1cc(C(=O)NCC(C)CCN)c(F)cc1F. The van der Waals surface area contributed by atoms with Crippen LogP contribution in [-0.2, 0) is 0 Å². The molecule has 1 aromatic carbocycles. The van der Waals surface area contributed by atoms with Gasteiger partial charge in [-0.3, -0.25) is 4.79 Å². The molecule has 0 fully saturated rings. The van der Waals surface area contributed by atoms with Crippen molar-refractivity contribution in [3.05, 3.63) is 34.9 Å². The molecule has 1 amide bonds. The molecule has 1 unspecified atom stereocenters. The number of carbonyl (C=O) groups is 1. The summed E-state index contributed by atoms with van der Waals surface area (Å²) in [5.74, 6) is -1.80. The van der Waals surface area contributed by atoms with E-state index in [1.807, 2.05) is 6.92 Å². The van der Waals surface area contributed by atoms with E-state index in [1.165, 1.54) is 13.0 Å². The Balaban J connectivity index is 2.70. The molecule has 0 aliphatic carbocycles. The molecule has 5 heteroatoms. The van der Waals surface area contributed by atoms with Gasteiger partial charge in [0.05, 0.1) is 5.56 Å². The summed E-state index contributed by atoms with van der Waals surface area (Å²) >= 11 is 0. The Morgan fingerprint density at radius 3 is 2.67 bits per heavy atom. The molecule has 0 spiro atoms. The molecule has 0 aliphatic heterocycles. The molecule has 0 bridgehead atoms. The van der Waals surface area contributed by atoms with Crippen LogP contribution in [-0.4, -0.2) is 19.0 Å². The van der Waals surface area contributed by atoms with Crippen molar-refractivity contribution in [2.24, 2.45) is 11.7 Å². The van der Waals surface area contributed by atoms with Crippen LogP contribution in [0.3, 0.4) is 0 Å². The molecule has 0 saturated heterocycles. The summed E-state index contributed by atoms with van der Waals surface area (Å²) in [7, 11) is 0. The van der Waals surface area contributed by atoms with Crippen molar-refractivity contribution in [3.8, 4) is 0 Å². The fourth-order valence-electron chi connectivity index (χ4n) is 1.58. The molecular formula is C13H18F2N2O. The Morgan fingerprint density at radius 2 is 2.06 bits per heavy atom. The standard InChI is InChI=1S/C13H18F2N2O/c1-8(3-4-16)7-17-13(18)10-5-9(2)11(14)6-12(10)15/h5-6,8H,3-4,7,16H2,1-2H3,(H,17,18). The van der Waals surface area contributed by atoms with Crippen LogP contribution in [0.25, 0.3) is 0 Å². The molecule has 18 heavy (non-hydrogen) atoms. The highest BCUT2D eigenvalue weighted by molar-refractivity contribution is 5.94. The van der Waals surface area contributed by atoms with Crippen LogP contribution in [0.15, 0.2) is 12.1 Å². The van der Waals surface area contributed by atoms with Crippen molar-refractivity contribution in [2.75, 3.05) is 13.1 Å². The van der Waals surface area contributed by atoms with E-state index in [2.05, 4.69) is 5.32 Å². The van der Waals surface area contributed by atoms with Crippen molar-refractivity contribution < 1.29 is 13.6 Å². The molecule has 1 rings (SSSR count). The van der Waals surface area contributed by atoms with Crippen LogP contribution in [0, 0.1) is 24.5 Å². The quantitative estimate of drug-likeness (QED) is 0.846. The summed E-state index contributed by atoms with van der Waals surface area (Å²) in [5, 5.41) is 2.61. The van der Waals surface area contributed by atoms with Gasteiger partial charge in [0.2, 0.25) is 0 Å². The Hall–Kier alpha value is -1.49. The third kappa shape index (κ3) is 3.77. The van der Waals surface area contributed by atoms with E-state index in [9.17, 15) is 13.6 Å². The van der Waals surface area contributed by atoms with Crippen LogP contribution < -0.4 is 11.1 Å². The second-order valence-corrected chi connectivity index (χ2v) is 4.47. The summed E-state index contributed by atoms with van der Waals surface area (Å²) in [6.45, 7) is 4.40. The normalized spacial score (nSPS) is 12.3. The Kier molecular flexibility index (Phi) is 5.22. The molecule has 0 radical (unpaired) electrons. The molecule has 0 aliphatic rings. The maximum absolute atomic E-state index is 13.4. The number of nitrogens with one attached hydrogen (secondary N) is 1. The van der Waals surface area contributed by atoms with Gasteiger partial charge in [0.25, 0.3) is 5.91 Å². The fourth-order valence-corrected chi connectivity index (χ4v) is 1.58. The van der Waals surface area contributed by atoms with Crippen molar-refractivity contribution in [3.63, 3.8) is 0 Å². The molecule has 1 aromatic rings. The Morgan fingerprint density at radius 1 is 1.39 bits per heavy atom. The van der Waals surface area contributed by atoms with Crippen LogP contribution in [0.5, 0.6) is 0 Å². The molecule has 100 valence electrons. The first kappa shape index (κ1) is 14.6. The summed E-state index contributed by atoms with van der Waals surface area (Å²) < 4.78 is 26.5. The van der Waals surface area contributed by atoms with Gasteiger partial charge < -0.3 is 11.1 Å². The van der Waals surface area contributed by atoms with E-state index in [0.717, 1.165) is 12.5 Å². The van der Waals surface area contributed by atoms with E-state index in [-0.39, 0.29) is 17.0 Å². The number of carbonyl (C=O) groups excluding carboxylic acids is 1. The van der Waals surface area contributed by atoms with E-state index < -0.39 is 17.5 Å². The second kappa shape index (κ2) is 6.44. The number of hydrogen-bond donors (Lipinski definition) is 2. The number of hydrogen-bond acceptors (Lipinski definition) is 2. The number of amides is 1. The molecule has 0 saturated carbocycles. The number of nitrogens with two attached hydrogens (primary N) is 1. The third-order valence-corrected chi connectivity index (χ3v) is 2.76. The number of aryl methyl sites for hydroxylation is 1. The zero-order chi connectivity index (χ0) is 13.7. The summed E-state index contributed by atoms with van der Waals surface area (Å²) in [4.78, 5) is 11.7. The van der Waals surface area contributed by atoms with Gasteiger partial charge in [-0.1, -0.05) is 6.92 Å². The summed E-state index contributed by atoms with van der Waals surface area (Å²) in [6.07, 6.45) is 0.783. The molecule has 3 N–H and O–H groups in total. The van der Waals surface area contributed by atoms with Gasteiger partial charge in [-0.25, -0.2) is 8.78 Å². The van der Waals surface area contributed by atoms with Crippen molar-refractivity contribution in [2.45, 2.75) is 20.3 Å². The van der Waals surface area contributed by atoms with Gasteiger partial charge in [-0.2, -0.15) is 0 Å². The van der Waals surface area contributed by atoms with Crippen LogP contribution in [0.2, 0.25) is 0 Å². The summed E-state index contributed by atoms with van der Waals surface area (Å²) in [5.41, 5.74) is 5.51. The molecule has 1 atom stereocenters. The maximum atomic E-state index is 13.4. The molecule has 3 nitrogen and oxygen atoms in total. The number of halogens is 2. The minimum Gasteiger partial charge on any atom is -0.352 e. The first-order valence-electron chi connectivity index (χ1n) is 5.89. The van der Waals surface area contributed by atoms with Crippen LogP contribution in [0.4, 0.5) is 8.78 Å². The number of rotatable bonds is 5. The van der Waals surface area contributed by atoms with Gasteiger partial charge in [-0.15, -0.1) is 0 Å². The van der Waals surface area contributed by atoms with Crippen LogP contribution >= 0.6 is 0 Å². The van der Waals surface area contributed by atoms with Gasteiger partial charge in [0.1, 0.15) is 11.6 Å². The highest BCUT2D eigenvalue weighted by atomic mass is 19.1. The monoisotopic (exact) mass is 256 g/mol. The molecular weight excluding hydrogens is 238 g/mol. The Labute approximate surface area is 105 Å². The average molecular weight is 256 g/mol.